The number of aryl methyl sites for hydroxylation is 2. The average Bonchev–Trinajstić information content (AvgIpc) is 2.71. The van der Waals surface area contributed by atoms with E-state index in [2.05, 4.69) is 33.3 Å². The van der Waals surface area contributed by atoms with E-state index in [-0.39, 0.29) is 11.8 Å². The summed E-state index contributed by atoms with van der Waals surface area (Å²) in [6.07, 6.45) is 1.18. The van der Waals surface area contributed by atoms with Crippen LogP contribution in [0.25, 0.3) is 0 Å². The van der Waals surface area contributed by atoms with Crippen LogP contribution < -0.4 is 5.32 Å². The minimum absolute atomic E-state index is 0.0466. The van der Waals surface area contributed by atoms with Gasteiger partial charge in [-0.25, -0.2) is 0 Å². The summed E-state index contributed by atoms with van der Waals surface area (Å²) in [5.74, 6) is -0.120. The largest absolute Gasteiger partial charge is 0.345 e. The maximum Gasteiger partial charge on any atom is 0.245 e. The van der Waals surface area contributed by atoms with Gasteiger partial charge in [0.1, 0.15) is 6.04 Å². The fourth-order valence-electron chi connectivity index (χ4n) is 2.50. The number of carbonyl (C=O) groups is 2. The molecule has 7 heteroatoms. The zero-order valence-corrected chi connectivity index (χ0v) is 14.2. The van der Waals surface area contributed by atoms with Crippen LogP contribution in [0.15, 0.2) is 4.47 Å². The van der Waals surface area contributed by atoms with Crippen molar-refractivity contribution in [2.75, 3.05) is 6.54 Å². The molecule has 2 rings (SSSR count). The molecular formula is C14H21BrN4O2. The first kappa shape index (κ1) is 16.0. The summed E-state index contributed by atoms with van der Waals surface area (Å²) in [5, 5.41) is 7.25. The van der Waals surface area contributed by atoms with Crippen LogP contribution in [0.1, 0.15) is 38.6 Å². The molecule has 1 aliphatic heterocycles. The molecule has 1 N–H and O–H groups in total. The summed E-state index contributed by atoms with van der Waals surface area (Å²) in [6, 6.07) is -0.470. The van der Waals surface area contributed by atoms with E-state index in [9.17, 15) is 9.59 Å². The van der Waals surface area contributed by atoms with E-state index in [0.717, 1.165) is 28.8 Å². The molecule has 0 aliphatic carbocycles. The van der Waals surface area contributed by atoms with E-state index >= 15 is 0 Å². The number of rotatable bonds is 4. The highest BCUT2D eigenvalue weighted by Gasteiger charge is 2.28. The molecule has 1 aromatic heterocycles. The Labute approximate surface area is 133 Å². The first-order chi connectivity index (χ1) is 9.97. The zero-order valence-electron chi connectivity index (χ0n) is 12.6. The van der Waals surface area contributed by atoms with Crippen LogP contribution in [0, 0.1) is 0 Å². The zero-order chi connectivity index (χ0) is 15.6. The molecule has 6 nitrogen and oxygen atoms in total. The highest BCUT2D eigenvalue weighted by Crippen LogP contribution is 2.24. The Morgan fingerprint density at radius 1 is 1.38 bits per heavy atom. The molecule has 1 aromatic rings. The van der Waals surface area contributed by atoms with Gasteiger partial charge in [-0.3, -0.25) is 14.3 Å². The van der Waals surface area contributed by atoms with Gasteiger partial charge in [0, 0.05) is 19.5 Å². The van der Waals surface area contributed by atoms with Gasteiger partial charge in [0.05, 0.1) is 22.4 Å². The molecular weight excluding hydrogens is 336 g/mol. The smallest absolute Gasteiger partial charge is 0.245 e. The third kappa shape index (κ3) is 3.28. The van der Waals surface area contributed by atoms with E-state index in [1.165, 1.54) is 0 Å². The Kier molecular flexibility index (Phi) is 5.03. The molecule has 1 fully saturated rings. The first-order valence-electron chi connectivity index (χ1n) is 7.30. The summed E-state index contributed by atoms with van der Waals surface area (Å²) in [5.41, 5.74) is 1.99. The summed E-state index contributed by atoms with van der Waals surface area (Å²) in [7, 11) is 0. The minimum Gasteiger partial charge on any atom is -0.345 e. The Morgan fingerprint density at radius 2 is 2.10 bits per heavy atom. The fraction of sp³-hybridized carbons (Fsp3) is 0.643. The Bertz CT molecular complexity index is 555. The topological polar surface area (TPSA) is 67.2 Å². The van der Waals surface area contributed by atoms with Gasteiger partial charge < -0.3 is 10.2 Å². The molecule has 2 heterocycles. The summed E-state index contributed by atoms with van der Waals surface area (Å²) >= 11 is 3.59. The van der Waals surface area contributed by atoms with Gasteiger partial charge in [0.2, 0.25) is 11.8 Å². The Morgan fingerprint density at radius 3 is 2.71 bits per heavy atom. The van der Waals surface area contributed by atoms with Crippen molar-refractivity contribution in [3.05, 3.63) is 15.9 Å². The third-order valence-corrected chi connectivity index (χ3v) is 4.62. The molecule has 2 amide bonds. The second kappa shape index (κ2) is 6.60. The second-order valence-electron chi connectivity index (χ2n) is 5.18. The summed E-state index contributed by atoms with van der Waals surface area (Å²) in [4.78, 5) is 25.6. The number of halogens is 1. The second-order valence-corrected chi connectivity index (χ2v) is 5.97. The van der Waals surface area contributed by atoms with Crippen molar-refractivity contribution >= 4 is 27.7 Å². The van der Waals surface area contributed by atoms with Crippen LogP contribution in [0.5, 0.6) is 0 Å². The number of carbonyl (C=O) groups excluding carboxylic acids is 2. The summed E-state index contributed by atoms with van der Waals surface area (Å²) in [6.45, 7) is 7.47. The van der Waals surface area contributed by atoms with Gasteiger partial charge in [0.15, 0.2) is 0 Å². The van der Waals surface area contributed by atoms with Gasteiger partial charge in [-0.1, -0.05) is 6.92 Å². The SMILES string of the molecule is CCc1nn(CC)c(CN2CCC(=O)NC(C)C2=O)c1Br. The highest BCUT2D eigenvalue weighted by atomic mass is 79.9. The standard InChI is InChI=1S/C14H21BrN4O2/c1-4-10-13(15)11(19(5-2)17-10)8-18-7-6-12(20)16-9(3)14(18)21/h9H,4-8H2,1-3H3,(H,16,20). The van der Waals surface area contributed by atoms with Crippen molar-refractivity contribution in [1.82, 2.24) is 20.0 Å². The molecule has 1 aliphatic rings. The van der Waals surface area contributed by atoms with E-state index in [1.54, 1.807) is 11.8 Å². The van der Waals surface area contributed by atoms with E-state index < -0.39 is 6.04 Å². The quantitative estimate of drug-likeness (QED) is 0.887. The predicted molar refractivity (Wildman–Crippen MR) is 82.6 cm³/mol. The van der Waals surface area contributed by atoms with Crippen molar-refractivity contribution < 1.29 is 9.59 Å². The molecule has 21 heavy (non-hydrogen) atoms. The Hall–Kier alpha value is -1.37. The molecule has 1 saturated heterocycles. The number of hydrogen-bond acceptors (Lipinski definition) is 3. The van der Waals surface area contributed by atoms with Crippen LogP contribution in [-0.2, 0) is 29.1 Å². The summed E-state index contributed by atoms with van der Waals surface area (Å²) < 4.78 is 2.89. The lowest BCUT2D eigenvalue weighted by Gasteiger charge is -2.22. The molecule has 0 aromatic carbocycles. The number of nitrogens with zero attached hydrogens (tertiary/aromatic N) is 3. The van der Waals surface area contributed by atoms with E-state index in [0.29, 0.717) is 19.5 Å². The Balaban J connectivity index is 2.26. The first-order valence-corrected chi connectivity index (χ1v) is 8.09. The van der Waals surface area contributed by atoms with Crippen molar-refractivity contribution in [3.8, 4) is 0 Å². The lowest BCUT2D eigenvalue weighted by Crippen LogP contribution is -2.42. The minimum atomic E-state index is -0.470. The highest BCUT2D eigenvalue weighted by molar-refractivity contribution is 9.10. The maximum atomic E-state index is 12.3. The monoisotopic (exact) mass is 356 g/mol. The van der Waals surface area contributed by atoms with Crippen LogP contribution in [0.2, 0.25) is 0 Å². The molecule has 0 spiro atoms. The number of aromatic nitrogens is 2. The van der Waals surface area contributed by atoms with E-state index in [1.807, 2.05) is 11.6 Å². The maximum absolute atomic E-state index is 12.3. The molecule has 0 bridgehead atoms. The fourth-order valence-corrected chi connectivity index (χ4v) is 3.19. The van der Waals surface area contributed by atoms with Crippen LogP contribution in [0.4, 0.5) is 0 Å². The molecule has 116 valence electrons. The van der Waals surface area contributed by atoms with Crippen LogP contribution in [-0.4, -0.2) is 39.1 Å². The lowest BCUT2D eigenvalue weighted by atomic mass is 10.2. The molecule has 0 radical (unpaired) electrons. The van der Waals surface area contributed by atoms with Gasteiger partial charge >= 0.3 is 0 Å². The normalized spacial score (nSPS) is 19.6. The molecule has 1 unspecified atom stereocenters. The third-order valence-electron chi connectivity index (χ3n) is 3.70. The number of nitrogens with one attached hydrogen (secondary N) is 1. The van der Waals surface area contributed by atoms with Gasteiger partial charge in [-0.15, -0.1) is 0 Å². The number of amides is 2. The lowest BCUT2D eigenvalue weighted by molar-refractivity contribution is -0.133. The number of hydrogen-bond donors (Lipinski definition) is 1. The van der Waals surface area contributed by atoms with E-state index in [4.69, 9.17) is 0 Å². The van der Waals surface area contributed by atoms with Crippen LogP contribution in [0.3, 0.4) is 0 Å². The average molecular weight is 357 g/mol. The predicted octanol–water partition coefficient (Wildman–Crippen LogP) is 1.46. The van der Waals surface area contributed by atoms with Crippen LogP contribution >= 0.6 is 15.9 Å². The molecule has 1 atom stereocenters. The molecule has 0 saturated carbocycles. The van der Waals surface area contributed by atoms with Crippen molar-refractivity contribution in [1.29, 1.82) is 0 Å². The van der Waals surface area contributed by atoms with Gasteiger partial charge in [0.25, 0.3) is 0 Å². The van der Waals surface area contributed by atoms with Gasteiger partial charge in [-0.2, -0.15) is 5.10 Å². The van der Waals surface area contributed by atoms with Crippen molar-refractivity contribution in [2.24, 2.45) is 0 Å². The van der Waals surface area contributed by atoms with Crippen molar-refractivity contribution in [2.45, 2.75) is 52.7 Å². The van der Waals surface area contributed by atoms with Gasteiger partial charge in [-0.05, 0) is 36.2 Å². The van der Waals surface area contributed by atoms with Crippen molar-refractivity contribution in [3.63, 3.8) is 0 Å².